The molecule has 0 saturated heterocycles. The second kappa shape index (κ2) is 49.9. The topological polar surface area (TPSA) is 111 Å². The van der Waals surface area contributed by atoms with Crippen LogP contribution in [-0.2, 0) is 32.7 Å². The van der Waals surface area contributed by atoms with E-state index in [1.54, 1.807) is 0 Å². The average molecular weight is 990 g/mol. The van der Waals surface area contributed by atoms with Gasteiger partial charge in [0.25, 0.3) is 7.82 Å². The standard InChI is InChI=1S/C60H96NO8P/c1-6-8-10-12-14-16-18-20-21-22-23-24-25-26-27-28-29-30-31-32-33-34-35-36-37-38-39-41-43-45-47-49-51-53-60(63)69-58(57-68-70(64,65)67-55-54-61(3,4)5)56-66-59(62)52-50-48-46-44-42-40-19-17-15-13-11-9-7-2/h8-11,14-17,20-21,23-24,26-27,29-30,32-33,35-36,38-40,42,58H,6-7,12-13,18-19,22,25,28,31,34,37,41,43-57H2,1-5H3/b10-8-,11-9-,16-14-,17-15-,21-20-,24-23-,27-26-,30-29-,33-32-,36-35-,39-38-,42-40-. The molecule has 2 atom stereocenters. The Hall–Kier alpha value is -4.11. The number of ether oxygens (including phenoxy) is 2. The highest BCUT2D eigenvalue weighted by Crippen LogP contribution is 2.38. The van der Waals surface area contributed by atoms with Gasteiger partial charge in [-0.05, 0) is 116 Å². The second-order valence-corrected chi connectivity index (χ2v) is 19.5. The Bertz CT molecular complexity index is 1690. The number of quaternary nitrogens is 1. The minimum atomic E-state index is -4.65. The Morgan fingerprint density at radius 1 is 0.443 bits per heavy atom. The smallest absolute Gasteiger partial charge is 0.306 e. The third-order valence-corrected chi connectivity index (χ3v) is 11.3. The molecule has 0 saturated carbocycles. The molecule has 0 N–H and O–H groups in total. The molecule has 9 nitrogen and oxygen atoms in total. The number of carbonyl (C=O) groups excluding carboxylic acids is 2. The monoisotopic (exact) mass is 990 g/mol. The van der Waals surface area contributed by atoms with Crippen molar-refractivity contribution >= 4 is 19.8 Å². The van der Waals surface area contributed by atoms with Crippen LogP contribution < -0.4 is 4.89 Å². The van der Waals surface area contributed by atoms with Crippen molar-refractivity contribution in [3.63, 3.8) is 0 Å². The summed E-state index contributed by atoms with van der Waals surface area (Å²) >= 11 is 0. The first-order valence-electron chi connectivity index (χ1n) is 26.5. The highest BCUT2D eigenvalue weighted by atomic mass is 31.2. The number of unbranched alkanes of at least 4 members (excludes halogenated alkanes) is 8. The van der Waals surface area contributed by atoms with Crippen LogP contribution in [0.2, 0.25) is 0 Å². The van der Waals surface area contributed by atoms with Crippen LogP contribution in [0.15, 0.2) is 146 Å². The van der Waals surface area contributed by atoms with E-state index in [4.69, 9.17) is 18.5 Å². The molecule has 0 radical (unpaired) electrons. The van der Waals surface area contributed by atoms with E-state index in [0.29, 0.717) is 23.9 Å². The fourth-order valence-electron chi connectivity index (χ4n) is 6.31. The minimum absolute atomic E-state index is 0.0487. The first-order chi connectivity index (χ1) is 34.0. The lowest BCUT2D eigenvalue weighted by Crippen LogP contribution is -2.37. The van der Waals surface area contributed by atoms with Gasteiger partial charge in [-0.15, -0.1) is 0 Å². The van der Waals surface area contributed by atoms with Gasteiger partial charge in [-0.3, -0.25) is 14.2 Å². The maximum Gasteiger partial charge on any atom is 0.306 e. The molecule has 394 valence electrons. The molecular formula is C60H96NO8P. The Balaban J connectivity index is 4.28. The number of allylic oxidation sites excluding steroid dienone is 24. The van der Waals surface area contributed by atoms with E-state index in [-0.39, 0.29) is 26.1 Å². The zero-order valence-electron chi connectivity index (χ0n) is 44.4. The van der Waals surface area contributed by atoms with Gasteiger partial charge in [-0.1, -0.05) is 185 Å². The number of esters is 2. The quantitative estimate of drug-likeness (QED) is 0.0195. The largest absolute Gasteiger partial charge is 0.756 e. The number of hydrogen-bond donors (Lipinski definition) is 0. The van der Waals surface area contributed by atoms with Crippen LogP contribution in [0.5, 0.6) is 0 Å². The summed E-state index contributed by atoms with van der Waals surface area (Å²) in [4.78, 5) is 37.7. The molecule has 0 bridgehead atoms. The summed E-state index contributed by atoms with van der Waals surface area (Å²) in [6.45, 7) is 3.91. The van der Waals surface area contributed by atoms with Crippen molar-refractivity contribution in [3.8, 4) is 0 Å². The Morgan fingerprint density at radius 2 is 0.771 bits per heavy atom. The van der Waals surface area contributed by atoms with Gasteiger partial charge in [0.15, 0.2) is 6.10 Å². The number of rotatable bonds is 46. The van der Waals surface area contributed by atoms with Crippen molar-refractivity contribution in [2.75, 3.05) is 47.5 Å². The molecule has 0 aliphatic rings. The van der Waals surface area contributed by atoms with Gasteiger partial charge >= 0.3 is 11.9 Å². The molecule has 70 heavy (non-hydrogen) atoms. The number of likely N-dealkylation sites (N-methyl/N-ethyl adjacent to an activating group) is 1. The van der Waals surface area contributed by atoms with Crippen LogP contribution in [0, 0.1) is 0 Å². The summed E-state index contributed by atoms with van der Waals surface area (Å²) in [6.07, 6.45) is 73.2. The van der Waals surface area contributed by atoms with Gasteiger partial charge in [0.2, 0.25) is 0 Å². The van der Waals surface area contributed by atoms with Crippen LogP contribution in [0.3, 0.4) is 0 Å². The van der Waals surface area contributed by atoms with E-state index in [9.17, 15) is 19.0 Å². The second-order valence-electron chi connectivity index (χ2n) is 18.1. The molecule has 0 heterocycles. The van der Waals surface area contributed by atoms with Crippen LogP contribution >= 0.6 is 7.82 Å². The highest BCUT2D eigenvalue weighted by molar-refractivity contribution is 7.45. The van der Waals surface area contributed by atoms with Gasteiger partial charge < -0.3 is 27.9 Å². The summed E-state index contributed by atoms with van der Waals surface area (Å²) in [5.74, 6) is -0.907. The molecule has 0 spiro atoms. The molecule has 0 aromatic carbocycles. The molecule has 0 amide bonds. The van der Waals surface area contributed by atoms with Crippen molar-refractivity contribution in [1.82, 2.24) is 0 Å². The molecule has 2 unspecified atom stereocenters. The lowest BCUT2D eigenvalue weighted by atomic mass is 10.1. The van der Waals surface area contributed by atoms with Crippen molar-refractivity contribution in [2.24, 2.45) is 0 Å². The van der Waals surface area contributed by atoms with Crippen LogP contribution in [-0.4, -0.2) is 70.0 Å². The van der Waals surface area contributed by atoms with Gasteiger partial charge in [-0.25, -0.2) is 0 Å². The summed E-state index contributed by atoms with van der Waals surface area (Å²) in [5.41, 5.74) is 0. The third-order valence-electron chi connectivity index (χ3n) is 10.4. The molecule has 0 fully saturated rings. The van der Waals surface area contributed by atoms with Crippen molar-refractivity contribution in [1.29, 1.82) is 0 Å². The third kappa shape index (κ3) is 53.2. The normalized spacial score (nSPS) is 14.5. The molecule has 0 rings (SSSR count). The number of carbonyl (C=O) groups is 2. The molecule has 0 aromatic rings. The predicted octanol–water partition coefficient (Wildman–Crippen LogP) is 15.7. The maximum absolute atomic E-state index is 12.7. The van der Waals surface area contributed by atoms with E-state index in [1.165, 1.54) is 0 Å². The van der Waals surface area contributed by atoms with Crippen LogP contribution in [0.4, 0.5) is 0 Å². The van der Waals surface area contributed by atoms with E-state index in [0.717, 1.165) is 128 Å². The number of phosphoric acid groups is 1. The first-order valence-corrected chi connectivity index (χ1v) is 28.0. The van der Waals surface area contributed by atoms with Crippen LogP contribution in [0.25, 0.3) is 0 Å². The van der Waals surface area contributed by atoms with Gasteiger partial charge in [0.05, 0.1) is 27.7 Å². The number of phosphoric ester groups is 1. The lowest BCUT2D eigenvalue weighted by molar-refractivity contribution is -0.870. The summed E-state index contributed by atoms with van der Waals surface area (Å²) < 4.78 is 33.9. The highest BCUT2D eigenvalue weighted by Gasteiger charge is 2.21. The number of nitrogens with zero attached hydrogens (tertiary/aromatic N) is 1. The SMILES string of the molecule is CC/C=C\C/C=C\C/C=C\C/C=C\C/C=C\C/C=C\C/C=C\C/C=C\C/C=C\CCCCCCCC(=O)OC(COC(=O)CCCCC/C=C\C/C=C\C/C=C\CC)COP(=O)([O-])OCC[N+](C)(C)C. The zero-order valence-corrected chi connectivity index (χ0v) is 45.3. The lowest BCUT2D eigenvalue weighted by Gasteiger charge is -2.28. The Morgan fingerprint density at radius 3 is 1.16 bits per heavy atom. The van der Waals surface area contributed by atoms with Crippen molar-refractivity contribution in [2.45, 2.75) is 174 Å². The van der Waals surface area contributed by atoms with E-state index >= 15 is 0 Å². The summed E-state index contributed by atoms with van der Waals surface area (Å²) in [5, 5.41) is 0. The van der Waals surface area contributed by atoms with Crippen molar-refractivity contribution < 1.29 is 42.1 Å². The first kappa shape index (κ1) is 65.9. The van der Waals surface area contributed by atoms with Crippen LogP contribution in [0.1, 0.15) is 168 Å². The molecule has 10 heteroatoms. The molecular weight excluding hydrogens is 894 g/mol. The maximum atomic E-state index is 12.7. The average Bonchev–Trinajstić information content (AvgIpc) is 3.32. The van der Waals surface area contributed by atoms with Crippen molar-refractivity contribution in [3.05, 3.63) is 146 Å². The van der Waals surface area contributed by atoms with E-state index in [1.807, 2.05) is 21.1 Å². The minimum Gasteiger partial charge on any atom is -0.756 e. The molecule has 0 aromatic heterocycles. The van der Waals surface area contributed by atoms with E-state index in [2.05, 4.69) is 160 Å². The molecule has 0 aliphatic carbocycles. The van der Waals surface area contributed by atoms with Gasteiger partial charge in [-0.2, -0.15) is 0 Å². The number of hydrogen-bond acceptors (Lipinski definition) is 8. The summed E-state index contributed by atoms with van der Waals surface area (Å²) in [7, 11) is 1.11. The fraction of sp³-hybridized carbons (Fsp3) is 0.567. The summed E-state index contributed by atoms with van der Waals surface area (Å²) in [6, 6.07) is 0. The van der Waals surface area contributed by atoms with E-state index < -0.39 is 32.5 Å². The zero-order chi connectivity index (χ0) is 51.3. The van der Waals surface area contributed by atoms with Gasteiger partial charge in [0.1, 0.15) is 19.8 Å². The Kier molecular flexibility index (Phi) is 46.9. The van der Waals surface area contributed by atoms with Gasteiger partial charge in [0, 0.05) is 12.8 Å². The fourth-order valence-corrected chi connectivity index (χ4v) is 7.04. The molecule has 0 aliphatic heterocycles. The predicted molar refractivity (Wildman–Crippen MR) is 295 cm³/mol. The Labute approximate surface area is 427 Å².